The van der Waals surface area contributed by atoms with Crippen molar-refractivity contribution in [2.45, 2.75) is 6.92 Å². The summed E-state index contributed by atoms with van der Waals surface area (Å²) in [5, 5.41) is 0. The minimum atomic E-state index is -0.0143. The minimum absolute atomic E-state index is 0.0143. The van der Waals surface area contributed by atoms with E-state index in [1.807, 2.05) is 90.7 Å². The molecule has 0 aromatic heterocycles. The summed E-state index contributed by atoms with van der Waals surface area (Å²) in [6, 6.07) is 25.6. The van der Waals surface area contributed by atoms with Crippen LogP contribution >= 0.6 is 0 Å². The van der Waals surface area contributed by atoms with E-state index in [0.717, 1.165) is 28.2 Å². The van der Waals surface area contributed by atoms with Crippen molar-refractivity contribution < 1.29 is 4.79 Å². The van der Waals surface area contributed by atoms with Gasteiger partial charge in [0.2, 0.25) is 0 Å². The highest BCUT2D eigenvalue weighted by atomic mass is 16.2. The van der Waals surface area contributed by atoms with E-state index in [1.165, 1.54) is 0 Å². The Bertz CT molecular complexity index is 961. The largest absolute Gasteiger partial charge is 0.302 e. The number of nitrogens with zero attached hydrogens (tertiary/aromatic N) is 2. The molecule has 0 spiro atoms. The number of aryl methyl sites for hydroxylation is 1. The summed E-state index contributed by atoms with van der Waals surface area (Å²) in [4.78, 5) is 19.9. The van der Waals surface area contributed by atoms with Crippen molar-refractivity contribution >= 4 is 23.0 Å². The summed E-state index contributed by atoms with van der Waals surface area (Å²) in [6.45, 7) is 2.47. The topological polar surface area (TPSA) is 32.7 Å². The van der Waals surface area contributed by atoms with E-state index in [1.54, 1.807) is 0 Å². The van der Waals surface area contributed by atoms with Crippen LogP contribution in [0.3, 0.4) is 0 Å². The Morgan fingerprint density at radius 3 is 2.32 bits per heavy atom. The maximum Gasteiger partial charge on any atom is 0.260 e. The van der Waals surface area contributed by atoms with E-state index in [0.29, 0.717) is 12.1 Å². The van der Waals surface area contributed by atoms with Gasteiger partial charge in [-0.1, -0.05) is 60.7 Å². The summed E-state index contributed by atoms with van der Waals surface area (Å²) >= 11 is 0. The van der Waals surface area contributed by atoms with Gasteiger partial charge in [0.05, 0.1) is 23.5 Å². The Hall–Kier alpha value is -3.20. The third-order valence-electron chi connectivity index (χ3n) is 4.46. The second-order valence-corrected chi connectivity index (χ2v) is 6.12. The van der Waals surface area contributed by atoms with E-state index >= 15 is 0 Å². The summed E-state index contributed by atoms with van der Waals surface area (Å²) in [5.41, 5.74) is 5.28. The van der Waals surface area contributed by atoms with Gasteiger partial charge in [0, 0.05) is 5.69 Å². The summed E-state index contributed by atoms with van der Waals surface area (Å²) in [6.07, 6.45) is 0. The van der Waals surface area contributed by atoms with Crippen LogP contribution in [0.15, 0.2) is 83.9 Å². The molecule has 1 aliphatic heterocycles. The monoisotopic (exact) mass is 326 g/mol. The molecule has 122 valence electrons. The van der Waals surface area contributed by atoms with Crippen LogP contribution < -0.4 is 4.90 Å². The van der Waals surface area contributed by atoms with Crippen LogP contribution in [0.4, 0.5) is 11.4 Å². The summed E-state index contributed by atoms with van der Waals surface area (Å²) in [7, 11) is 0. The summed E-state index contributed by atoms with van der Waals surface area (Å²) < 4.78 is 0. The summed E-state index contributed by atoms with van der Waals surface area (Å²) in [5.74, 6) is -0.0143. The first kappa shape index (κ1) is 15.3. The molecule has 3 heteroatoms. The highest BCUT2D eigenvalue weighted by molar-refractivity contribution is 6.18. The molecule has 25 heavy (non-hydrogen) atoms. The molecule has 3 aromatic carbocycles. The quantitative estimate of drug-likeness (QED) is 0.667. The zero-order valence-corrected chi connectivity index (χ0v) is 14.0. The van der Waals surface area contributed by atoms with Crippen LogP contribution in [0.2, 0.25) is 0 Å². The second kappa shape index (κ2) is 6.36. The molecule has 0 atom stereocenters. The maximum absolute atomic E-state index is 13.2. The number of carbonyl (C=O) groups excluding carboxylic acids is 1. The maximum atomic E-state index is 13.2. The zero-order chi connectivity index (χ0) is 17.2. The molecule has 0 saturated heterocycles. The van der Waals surface area contributed by atoms with Crippen molar-refractivity contribution in [3.8, 4) is 0 Å². The van der Waals surface area contributed by atoms with Gasteiger partial charge in [-0.2, -0.15) is 0 Å². The number of benzene rings is 3. The fraction of sp³-hybridized carbons (Fsp3) is 0.0909. The van der Waals surface area contributed by atoms with Crippen molar-refractivity contribution in [1.82, 2.24) is 0 Å². The minimum Gasteiger partial charge on any atom is -0.302 e. The lowest BCUT2D eigenvalue weighted by atomic mass is 10.1. The number of fused-ring (bicyclic) bond motifs is 1. The molecule has 0 radical (unpaired) electrons. The van der Waals surface area contributed by atoms with Crippen molar-refractivity contribution in [3.63, 3.8) is 0 Å². The number of para-hydroxylation sites is 2. The van der Waals surface area contributed by atoms with Crippen molar-refractivity contribution in [2.75, 3.05) is 11.4 Å². The van der Waals surface area contributed by atoms with Crippen LogP contribution in [-0.4, -0.2) is 18.2 Å². The number of carbonyl (C=O) groups is 1. The predicted octanol–water partition coefficient (Wildman–Crippen LogP) is 4.78. The molecule has 0 bridgehead atoms. The van der Waals surface area contributed by atoms with Crippen molar-refractivity contribution in [2.24, 2.45) is 4.99 Å². The molecular weight excluding hydrogens is 308 g/mol. The lowest BCUT2D eigenvalue weighted by Gasteiger charge is -2.23. The first-order valence-corrected chi connectivity index (χ1v) is 8.33. The standard InChI is InChI=1S/C22H18N2O/c1-16-9-5-8-14-21(16)24-15-20(17-10-3-2-4-11-17)23-19-13-7-6-12-18(19)22(24)25/h2-14H,15H2,1H3. The van der Waals surface area contributed by atoms with Gasteiger partial charge in [0.15, 0.2) is 0 Å². The van der Waals surface area contributed by atoms with Gasteiger partial charge in [-0.15, -0.1) is 0 Å². The van der Waals surface area contributed by atoms with Gasteiger partial charge < -0.3 is 4.90 Å². The third-order valence-corrected chi connectivity index (χ3v) is 4.46. The number of rotatable bonds is 2. The second-order valence-electron chi connectivity index (χ2n) is 6.12. The average Bonchev–Trinajstić information content (AvgIpc) is 2.80. The van der Waals surface area contributed by atoms with E-state index in [-0.39, 0.29) is 5.91 Å². The van der Waals surface area contributed by atoms with Crippen LogP contribution in [0.1, 0.15) is 21.5 Å². The number of hydrogen-bond donors (Lipinski definition) is 0. The molecule has 1 heterocycles. The van der Waals surface area contributed by atoms with Crippen molar-refractivity contribution in [3.05, 3.63) is 95.6 Å². The molecular formula is C22H18N2O. The highest BCUT2D eigenvalue weighted by Crippen LogP contribution is 2.29. The molecule has 0 unspecified atom stereocenters. The number of amides is 1. The molecule has 0 N–H and O–H groups in total. The van der Waals surface area contributed by atoms with Crippen LogP contribution in [0.5, 0.6) is 0 Å². The van der Waals surface area contributed by atoms with Crippen LogP contribution in [0.25, 0.3) is 0 Å². The number of hydrogen-bond acceptors (Lipinski definition) is 2. The van der Waals surface area contributed by atoms with E-state index in [9.17, 15) is 4.79 Å². The van der Waals surface area contributed by atoms with E-state index in [2.05, 4.69) is 0 Å². The Morgan fingerprint density at radius 2 is 1.52 bits per heavy atom. The van der Waals surface area contributed by atoms with Gasteiger partial charge in [-0.3, -0.25) is 9.79 Å². The molecule has 1 amide bonds. The SMILES string of the molecule is Cc1ccccc1N1CC(c2ccccc2)=Nc2ccccc2C1=O. The molecule has 0 saturated carbocycles. The van der Waals surface area contributed by atoms with Gasteiger partial charge in [-0.05, 0) is 36.2 Å². The first-order chi connectivity index (χ1) is 12.2. The molecule has 4 rings (SSSR count). The fourth-order valence-corrected chi connectivity index (χ4v) is 3.15. The third kappa shape index (κ3) is 2.85. The van der Waals surface area contributed by atoms with Crippen LogP contribution in [-0.2, 0) is 0 Å². The number of aliphatic imine (C=N–C) groups is 1. The fourth-order valence-electron chi connectivity index (χ4n) is 3.15. The number of anilines is 1. The molecule has 3 nitrogen and oxygen atoms in total. The normalized spacial score (nSPS) is 13.9. The smallest absolute Gasteiger partial charge is 0.260 e. The van der Waals surface area contributed by atoms with E-state index < -0.39 is 0 Å². The molecule has 1 aliphatic rings. The van der Waals surface area contributed by atoms with Gasteiger partial charge in [0.25, 0.3) is 5.91 Å². The Morgan fingerprint density at radius 1 is 0.840 bits per heavy atom. The lowest BCUT2D eigenvalue weighted by Crippen LogP contribution is -2.35. The molecule has 0 fully saturated rings. The molecule has 3 aromatic rings. The first-order valence-electron chi connectivity index (χ1n) is 8.33. The highest BCUT2D eigenvalue weighted by Gasteiger charge is 2.26. The Balaban J connectivity index is 1.89. The molecule has 0 aliphatic carbocycles. The van der Waals surface area contributed by atoms with Gasteiger partial charge in [0.1, 0.15) is 0 Å². The average molecular weight is 326 g/mol. The Kier molecular flexibility index (Phi) is 3.90. The van der Waals surface area contributed by atoms with Gasteiger partial charge >= 0.3 is 0 Å². The zero-order valence-electron chi connectivity index (χ0n) is 14.0. The lowest BCUT2D eigenvalue weighted by molar-refractivity contribution is 0.0992. The van der Waals surface area contributed by atoms with Gasteiger partial charge in [-0.25, -0.2) is 0 Å². The van der Waals surface area contributed by atoms with E-state index in [4.69, 9.17) is 4.99 Å². The van der Waals surface area contributed by atoms with Crippen molar-refractivity contribution in [1.29, 1.82) is 0 Å². The predicted molar refractivity (Wildman–Crippen MR) is 102 cm³/mol. The Labute approximate surface area is 147 Å². The van der Waals surface area contributed by atoms with Crippen LogP contribution in [0, 0.1) is 6.92 Å².